The quantitative estimate of drug-likeness (QED) is 0.811. The van der Waals surface area contributed by atoms with Crippen molar-refractivity contribution in [2.24, 2.45) is 5.92 Å². The van der Waals surface area contributed by atoms with E-state index in [1.807, 2.05) is 13.8 Å². The minimum Gasteiger partial charge on any atom is -0.312 e. The highest BCUT2D eigenvalue weighted by Crippen LogP contribution is 2.34. The van der Waals surface area contributed by atoms with Gasteiger partial charge in [0.15, 0.2) is 9.84 Å². The van der Waals surface area contributed by atoms with Gasteiger partial charge in [-0.05, 0) is 45.6 Å². The smallest absolute Gasteiger partial charge is 0.154 e. The number of hydrogen-bond donors (Lipinski definition) is 1. The topological polar surface area (TPSA) is 46.2 Å². The van der Waals surface area contributed by atoms with Gasteiger partial charge in [-0.1, -0.05) is 26.2 Å². The van der Waals surface area contributed by atoms with Gasteiger partial charge in [0, 0.05) is 12.3 Å². The molecule has 18 heavy (non-hydrogen) atoms. The molecule has 1 N–H and O–H groups in total. The molecule has 0 amide bonds. The van der Waals surface area contributed by atoms with E-state index in [-0.39, 0.29) is 6.04 Å². The van der Waals surface area contributed by atoms with E-state index >= 15 is 0 Å². The fourth-order valence-electron chi connectivity index (χ4n) is 2.98. The first-order valence-electron chi connectivity index (χ1n) is 7.23. The van der Waals surface area contributed by atoms with E-state index in [4.69, 9.17) is 0 Å². The Kier molecular flexibility index (Phi) is 5.66. The van der Waals surface area contributed by atoms with Crippen LogP contribution in [0.4, 0.5) is 0 Å². The van der Waals surface area contributed by atoms with Crippen molar-refractivity contribution in [2.45, 2.75) is 70.1 Å². The molecule has 0 aromatic heterocycles. The van der Waals surface area contributed by atoms with Gasteiger partial charge >= 0.3 is 0 Å². The van der Waals surface area contributed by atoms with Crippen molar-refractivity contribution in [2.75, 3.05) is 12.8 Å². The summed E-state index contributed by atoms with van der Waals surface area (Å²) in [6.07, 6.45) is 8.54. The lowest BCUT2D eigenvalue weighted by Gasteiger charge is -2.40. The molecule has 1 fully saturated rings. The zero-order valence-corrected chi connectivity index (χ0v) is 13.1. The molecule has 0 aromatic rings. The molecule has 1 unspecified atom stereocenters. The van der Waals surface area contributed by atoms with E-state index in [9.17, 15) is 8.42 Å². The first kappa shape index (κ1) is 16.0. The van der Waals surface area contributed by atoms with Crippen LogP contribution >= 0.6 is 0 Å². The second-order valence-corrected chi connectivity index (χ2v) is 8.80. The number of rotatable bonds is 6. The highest BCUT2D eigenvalue weighted by molar-refractivity contribution is 7.92. The molecule has 0 aliphatic heterocycles. The van der Waals surface area contributed by atoms with Crippen LogP contribution in [-0.2, 0) is 9.84 Å². The highest BCUT2D eigenvalue weighted by atomic mass is 32.2. The maximum Gasteiger partial charge on any atom is 0.154 e. The van der Waals surface area contributed by atoms with Gasteiger partial charge in [0.2, 0.25) is 0 Å². The molecule has 1 atom stereocenters. The summed E-state index contributed by atoms with van der Waals surface area (Å²) in [6.45, 7) is 6.78. The predicted octanol–water partition coefficient (Wildman–Crippen LogP) is 2.76. The van der Waals surface area contributed by atoms with Crippen molar-refractivity contribution >= 4 is 9.84 Å². The summed E-state index contributed by atoms with van der Waals surface area (Å²) < 4.78 is 23.4. The molecule has 1 saturated carbocycles. The standard InChI is InChI=1S/C14H29NO2S/c1-5-11-15-13(12-9-7-6-8-10-12)14(2,3)18(4,16)17/h12-13,15H,5-11H2,1-4H3. The first-order chi connectivity index (χ1) is 8.30. The molecule has 1 rings (SSSR count). The second-order valence-electron chi connectivity index (χ2n) is 6.21. The second kappa shape index (κ2) is 6.38. The monoisotopic (exact) mass is 275 g/mol. The molecule has 4 heteroatoms. The maximum atomic E-state index is 12.1. The van der Waals surface area contributed by atoms with E-state index in [1.54, 1.807) is 0 Å². The fourth-order valence-corrected chi connectivity index (χ4v) is 3.72. The molecule has 0 aromatic carbocycles. The zero-order valence-electron chi connectivity index (χ0n) is 12.3. The van der Waals surface area contributed by atoms with Crippen molar-refractivity contribution in [3.05, 3.63) is 0 Å². The van der Waals surface area contributed by atoms with Crippen LogP contribution < -0.4 is 5.32 Å². The van der Waals surface area contributed by atoms with Gasteiger partial charge in [-0.15, -0.1) is 0 Å². The van der Waals surface area contributed by atoms with Crippen LogP contribution in [0, 0.1) is 5.92 Å². The van der Waals surface area contributed by atoms with Crippen molar-refractivity contribution in [3.63, 3.8) is 0 Å². The van der Waals surface area contributed by atoms with Crippen LogP contribution in [0.3, 0.4) is 0 Å². The molecule has 3 nitrogen and oxygen atoms in total. The average molecular weight is 275 g/mol. The molecule has 0 bridgehead atoms. The summed E-state index contributed by atoms with van der Waals surface area (Å²) in [4.78, 5) is 0. The van der Waals surface area contributed by atoms with Gasteiger partial charge in [-0.2, -0.15) is 0 Å². The summed E-state index contributed by atoms with van der Waals surface area (Å²) in [5.74, 6) is 0.509. The van der Waals surface area contributed by atoms with Crippen molar-refractivity contribution in [1.29, 1.82) is 0 Å². The SMILES string of the molecule is CCCNC(C1CCCCC1)C(C)(C)S(C)(=O)=O. The third-order valence-corrected chi connectivity index (χ3v) is 6.61. The van der Waals surface area contributed by atoms with Gasteiger partial charge in [0.25, 0.3) is 0 Å². The van der Waals surface area contributed by atoms with Gasteiger partial charge in [0.1, 0.15) is 0 Å². The summed E-state index contributed by atoms with van der Waals surface area (Å²) >= 11 is 0. The van der Waals surface area contributed by atoms with Crippen molar-refractivity contribution in [3.8, 4) is 0 Å². The molecule has 0 radical (unpaired) electrons. The molecule has 108 valence electrons. The lowest BCUT2D eigenvalue weighted by molar-refractivity contribution is 0.233. The van der Waals surface area contributed by atoms with Crippen LogP contribution in [0.5, 0.6) is 0 Å². The number of hydrogen-bond acceptors (Lipinski definition) is 3. The Morgan fingerprint density at radius 3 is 2.22 bits per heavy atom. The summed E-state index contributed by atoms with van der Waals surface area (Å²) in [7, 11) is -3.04. The third-order valence-electron chi connectivity index (χ3n) is 4.44. The maximum absolute atomic E-state index is 12.1. The third kappa shape index (κ3) is 3.70. The molecule has 1 aliphatic rings. The molecule has 0 spiro atoms. The Hall–Kier alpha value is -0.0900. The predicted molar refractivity (Wildman–Crippen MR) is 77.6 cm³/mol. The molecule has 0 saturated heterocycles. The van der Waals surface area contributed by atoms with Crippen LogP contribution in [0.25, 0.3) is 0 Å². The van der Waals surface area contributed by atoms with E-state index in [2.05, 4.69) is 12.2 Å². The minimum absolute atomic E-state index is 0.0905. The van der Waals surface area contributed by atoms with Gasteiger partial charge in [-0.3, -0.25) is 0 Å². The van der Waals surface area contributed by atoms with Crippen LogP contribution in [0.15, 0.2) is 0 Å². The molecular formula is C14H29NO2S. The average Bonchev–Trinajstić information content (AvgIpc) is 2.29. The van der Waals surface area contributed by atoms with E-state index in [1.165, 1.54) is 38.4 Å². The van der Waals surface area contributed by atoms with Gasteiger partial charge in [-0.25, -0.2) is 8.42 Å². The Bertz CT molecular complexity index is 343. The molecular weight excluding hydrogens is 246 g/mol. The molecule has 0 heterocycles. The Labute approximate surface area is 113 Å². The number of nitrogens with one attached hydrogen (secondary N) is 1. The van der Waals surface area contributed by atoms with Gasteiger partial charge < -0.3 is 5.32 Å². The van der Waals surface area contributed by atoms with Gasteiger partial charge in [0.05, 0.1) is 4.75 Å². The molecule has 1 aliphatic carbocycles. The van der Waals surface area contributed by atoms with E-state index < -0.39 is 14.6 Å². The number of sulfone groups is 1. The summed E-state index contributed by atoms with van der Waals surface area (Å²) in [5, 5.41) is 3.51. The first-order valence-corrected chi connectivity index (χ1v) is 9.12. The normalized spacial score (nSPS) is 20.9. The Morgan fingerprint density at radius 2 is 1.78 bits per heavy atom. The lowest BCUT2D eigenvalue weighted by Crippen LogP contribution is -2.55. The lowest BCUT2D eigenvalue weighted by atomic mass is 9.79. The Balaban J connectivity index is 2.89. The summed E-state index contributed by atoms with van der Waals surface area (Å²) in [6, 6.07) is 0.0905. The van der Waals surface area contributed by atoms with Crippen molar-refractivity contribution < 1.29 is 8.42 Å². The zero-order chi connectivity index (χ0) is 13.8. The van der Waals surface area contributed by atoms with Crippen LogP contribution in [-0.4, -0.2) is 32.0 Å². The van der Waals surface area contributed by atoms with E-state index in [0.29, 0.717) is 5.92 Å². The fraction of sp³-hybridized carbons (Fsp3) is 1.00. The summed E-state index contributed by atoms with van der Waals surface area (Å²) in [5.41, 5.74) is 0. The van der Waals surface area contributed by atoms with Crippen molar-refractivity contribution in [1.82, 2.24) is 5.32 Å². The largest absolute Gasteiger partial charge is 0.312 e. The highest BCUT2D eigenvalue weighted by Gasteiger charge is 2.42. The van der Waals surface area contributed by atoms with E-state index in [0.717, 1.165) is 13.0 Å². The minimum atomic E-state index is -3.04. The van der Waals surface area contributed by atoms with Crippen LogP contribution in [0.2, 0.25) is 0 Å². The Morgan fingerprint density at radius 1 is 1.22 bits per heavy atom. The van der Waals surface area contributed by atoms with Crippen LogP contribution in [0.1, 0.15) is 59.3 Å².